The molecule has 2 aromatic carbocycles. The molecule has 1 aliphatic carbocycles. The normalized spacial score (nSPS) is 24.2. The number of amides is 3. The van der Waals surface area contributed by atoms with Gasteiger partial charge in [-0.2, -0.15) is 0 Å². The molecule has 7 rings (SSSR count). The topological polar surface area (TPSA) is 115 Å². The van der Waals surface area contributed by atoms with Gasteiger partial charge in [-0.05, 0) is 118 Å². The number of urea groups is 1. The average molecular weight is 779 g/mol. The van der Waals surface area contributed by atoms with Crippen molar-refractivity contribution in [3.05, 3.63) is 77.0 Å². The third-order valence-corrected chi connectivity index (χ3v) is 13.7. The van der Waals surface area contributed by atoms with E-state index in [2.05, 4.69) is 55.7 Å². The molecule has 55 heavy (non-hydrogen) atoms. The fraction of sp³-hybridized carbons (Fsp3) is 0.619. The second-order valence-electron chi connectivity index (χ2n) is 16.8. The van der Waals surface area contributed by atoms with Crippen LogP contribution < -0.4 is 15.5 Å². The molecular weight excluding hydrogens is 720 g/mol. The van der Waals surface area contributed by atoms with Crippen LogP contribution in [-0.4, -0.2) is 127 Å². The smallest absolute Gasteiger partial charge is 0.407 e. The first-order valence-corrected chi connectivity index (χ1v) is 22.2. The number of alkyl carbamates (subject to hydrolysis) is 1. The van der Waals surface area contributed by atoms with E-state index >= 15 is 0 Å². The lowest BCUT2D eigenvalue weighted by atomic mass is 9.57. The van der Waals surface area contributed by atoms with Crippen molar-refractivity contribution in [2.75, 3.05) is 90.3 Å². The fourth-order valence-corrected chi connectivity index (χ4v) is 10.6. The molecule has 2 N–H and O–H groups in total. The number of methoxy groups -OCH3 is 1. The maximum atomic E-state index is 15.0. The lowest BCUT2D eigenvalue weighted by Crippen LogP contribution is -2.60. The summed E-state index contributed by atoms with van der Waals surface area (Å²) in [5, 5.41) is 7.05. The van der Waals surface area contributed by atoms with Crippen LogP contribution in [0.25, 0.3) is 0 Å². The molecule has 1 saturated carbocycles. The Labute approximate surface area is 326 Å². The molecule has 0 bridgehead atoms. The summed E-state index contributed by atoms with van der Waals surface area (Å²) in [5.74, 6) is 1.48. The summed E-state index contributed by atoms with van der Waals surface area (Å²) in [6.07, 6.45) is 9.46. The van der Waals surface area contributed by atoms with Crippen molar-refractivity contribution in [2.24, 2.45) is 23.7 Å². The summed E-state index contributed by atoms with van der Waals surface area (Å²) in [6.45, 7) is 9.94. The first kappa shape index (κ1) is 39.6. The zero-order chi connectivity index (χ0) is 38.6. The molecular formula is C42H59FN6O5S. The second kappa shape index (κ2) is 17.2. The zero-order valence-electron chi connectivity index (χ0n) is 32.5. The number of carbonyl (C=O) groups is 2. The molecule has 13 heteroatoms. The molecule has 3 amide bonds. The van der Waals surface area contributed by atoms with E-state index in [9.17, 15) is 22.4 Å². The number of halogens is 1. The largest absolute Gasteiger partial charge is 0.453 e. The van der Waals surface area contributed by atoms with Gasteiger partial charge < -0.3 is 35.0 Å². The van der Waals surface area contributed by atoms with Crippen LogP contribution in [-0.2, 0) is 26.4 Å². The maximum absolute atomic E-state index is 15.0. The van der Waals surface area contributed by atoms with E-state index < -0.39 is 9.84 Å². The number of benzene rings is 2. The van der Waals surface area contributed by atoms with E-state index in [-0.39, 0.29) is 41.9 Å². The molecule has 4 heterocycles. The second-order valence-corrected chi connectivity index (χ2v) is 18.8. The van der Waals surface area contributed by atoms with Crippen molar-refractivity contribution in [2.45, 2.75) is 56.4 Å². The summed E-state index contributed by atoms with van der Waals surface area (Å²) in [4.78, 5) is 34.2. The molecule has 5 aliphatic rings. The van der Waals surface area contributed by atoms with Crippen molar-refractivity contribution >= 4 is 27.6 Å². The summed E-state index contributed by atoms with van der Waals surface area (Å²) in [5.41, 5.74) is 3.38. The monoisotopic (exact) mass is 778 g/mol. The first-order chi connectivity index (χ1) is 26.5. The van der Waals surface area contributed by atoms with Gasteiger partial charge in [0, 0.05) is 80.5 Å². The van der Waals surface area contributed by atoms with Crippen LogP contribution in [0.2, 0.25) is 0 Å². The number of hydrogen-bond donors (Lipinski definition) is 2. The van der Waals surface area contributed by atoms with Gasteiger partial charge in [-0.25, -0.2) is 22.4 Å². The Morgan fingerprint density at radius 2 is 1.67 bits per heavy atom. The highest BCUT2D eigenvalue weighted by Crippen LogP contribution is 2.51. The molecule has 4 saturated heterocycles. The Bertz CT molecular complexity index is 1770. The highest BCUT2D eigenvalue weighted by molar-refractivity contribution is 7.93. The predicted molar refractivity (Wildman–Crippen MR) is 213 cm³/mol. The summed E-state index contributed by atoms with van der Waals surface area (Å²) >= 11 is 0. The van der Waals surface area contributed by atoms with Crippen LogP contribution in [0.15, 0.2) is 60.0 Å². The van der Waals surface area contributed by atoms with Gasteiger partial charge in [0.1, 0.15) is 5.82 Å². The van der Waals surface area contributed by atoms with Crippen LogP contribution >= 0.6 is 0 Å². The van der Waals surface area contributed by atoms with Crippen molar-refractivity contribution in [1.82, 2.24) is 25.3 Å². The Hall–Kier alpha value is -3.68. The average Bonchev–Trinajstić information content (AvgIpc) is 3.57. The van der Waals surface area contributed by atoms with Gasteiger partial charge in [0.2, 0.25) is 0 Å². The van der Waals surface area contributed by atoms with Gasteiger partial charge in [-0.1, -0.05) is 36.8 Å². The zero-order valence-corrected chi connectivity index (χ0v) is 33.3. The van der Waals surface area contributed by atoms with E-state index in [4.69, 9.17) is 4.74 Å². The molecule has 0 unspecified atom stereocenters. The van der Waals surface area contributed by atoms with Crippen LogP contribution in [0.4, 0.5) is 19.7 Å². The minimum atomic E-state index is -3.19. The maximum Gasteiger partial charge on any atom is 0.407 e. The number of nitrogens with zero attached hydrogens (tertiary/aromatic N) is 4. The minimum absolute atomic E-state index is 0.0118. The number of piperidine rings is 1. The number of hydrogen-bond acceptors (Lipinski definition) is 8. The molecule has 4 aliphatic heterocycles. The van der Waals surface area contributed by atoms with Crippen molar-refractivity contribution in [3.63, 3.8) is 0 Å². The first-order valence-electron chi connectivity index (χ1n) is 20.3. The van der Waals surface area contributed by atoms with Gasteiger partial charge in [0.05, 0.1) is 7.11 Å². The number of nitrogens with one attached hydrogen (secondary N) is 2. The molecule has 0 radical (unpaired) electrons. The standard InChI is InChI=1S/C42H59FN6O5S/c1-54-41(51)45-39-10-4-9-38(39)42(30-47-18-6-19-47,35-7-3-8-36(43)24-35)34-15-20-46(21-16-34)25-33-28-48(29-33)37-13-11-31(12-14-37)23-32-26-49(27-32)40(50)44-17-5-22-55(2,52)53/h3,5,7-8,11-14,22,24,32-34,38-39H,4,6,9-10,15-21,23,25-30H2,1-2H3,(H,44,50)(H,45,51)/b22-5+/t38-,39-,42-/m0/s1. The molecule has 2 aromatic rings. The number of rotatable bonds is 14. The number of carbonyl (C=O) groups excluding carboxylic acids is 2. The van der Waals surface area contributed by atoms with E-state index in [0.717, 1.165) is 108 Å². The van der Waals surface area contributed by atoms with E-state index in [0.29, 0.717) is 30.8 Å². The quantitative estimate of drug-likeness (QED) is 0.279. The molecule has 5 fully saturated rings. The molecule has 300 valence electrons. The van der Waals surface area contributed by atoms with Crippen molar-refractivity contribution in [1.29, 1.82) is 0 Å². The Kier molecular flexibility index (Phi) is 12.4. The van der Waals surface area contributed by atoms with Crippen LogP contribution in [0, 0.1) is 29.5 Å². The molecule has 0 aromatic heterocycles. The highest BCUT2D eigenvalue weighted by Gasteiger charge is 2.53. The number of likely N-dealkylation sites (tertiary alicyclic amines) is 3. The Morgan fingerprint density at radius 3 is 2.33 bits per heavy atom. The number of ether oxygens (including phenoxy) is 1. The van der Waals surface area contributed by atoms with E-state index in [1.54, 1.807) is 17.0 Å². The lowest BCUT2D eigenvalue weighted by molar-refractivity contribution is 0.0223. The van der Waals surface area contributed by atoms with Crippen molar-refractivity contribution in [3.8, 4) is 0 Å². The van der Waals surface area contributed by atoms with Gasteiger partial charge in [0.25, 0.3) is 0 Å². The SMILES string of the molecule is COC(=O)N[C@H]1CCC[C@@H]1[C@](CN1CCC1)(c1cccc(F)c1)C1CCN(CC2CN(c3ccc(CC4CN(C(=O)NC/C=C/S(C)(=O)=O)C4)cc3)C2)CC1. The van der Waals surface area contributed by atoms with Crippen LogP contribution in [0.3, 0.4) is 0 Å². The fourth-order valence-electron chi connectivity index (χ4n) is 10.2. The third-order valence-electron chi connectivity index (χ3n) is 13.0. The van der Waals surface area contributed by atoms with Crippen LogP contribution in [0.5, 0.6) is 0 Å². The highest BCUT2D eigenvalue weighted by atomic mass is 32.2. The number of sulfone groups is 1. The summed E-state index contributed by atoms with van der Waals surface area (Å²) < 4.78 is 42.5. The third kappa shape index (κ3) is 9.48. The molecule has 11 nitrogen and oxygen atoms in total. The lowest BCUT2D eigenvalue weighted by Gasteiger charge is -2.54. The minimum Gasteiger partial charge on any atom is -0.453 e. The number of anilines is 1. The van der Waals surface area contributed by atoms with E-state index in [1.165, 1.54) is 30.9 Å². The Balaban J connectivity index is 0.899. The molecule has 3 atom stereocenters. The van der Waals surface area contributed by atoms with Crippen LogP contribution in [0.1, 0.15) is 49.7 Å². The van der Waals surface area contributed by atoms with Gasteiger partial charge >= 0.3 is 12.1 Å². The van der Waals surface area contributed by atoms with Crippen molar-refractivity contribution < 1.29 is 27.1 Å². The van der Waals surface area contributed by atoms with Gasteiger partial charge in [-0.3, -0.25) is 0 Å². The van der Waals surface area contributed by atoms with Gasteiger partial charge in [0.15, 0.2) is 9.84 Å². The van der Waals surface area contributed by atoms with Gasteiger partial charge in [-0.15, -0.1) is 0 Å². The molecule has 0 spiro atoms. The Morgan fingerprint density at radius 1 is 0.927 bits per heavy atom. The summed E-state index contributed by atoms with van der Waals surface area (Å²) in [6, 6.07) is 16.1. The predicted octanol–water partition coefficient (Wildman–Crippen LogP) is 4.88. The summed E-state index contributed by atoms with van der Waals surface area (Å²) in [7, 11) is -1.76. The van der Waals surface area contributed by atoms with E-state index in [1.807, 2.05) is 6.07 Å².